The summed E-state index contributed by atoms with van der Waals surface area (Å²) in [4.78, 5) is 0. The van der Waals surface area contributed by atoms with Crippen molar-refractivity contribution in [1.82, 2.24) is 0 Å². The Morgan fingerprint density at radius 1 is 1.29 bits per heavy atom. The molecule has 2 nitrogen and oxygen atoms in total. The highest BCUT2D eigenvalue weighted by molar-refractivity contribution is 6.30. The smallest absolute Gasteiger partial charge is 0.124 e. The van der Waals surface area contributed by atoms with E-state index in [4.69, 9.17) is 16.3 Å². The molecule has 2 fully saturated rings. The topological polar surface area (TPSA) is 29.5 Å². The number of hydrogen-bond acceptors (Lipinski definition) is 2. The second-order valence-electron chi connectivity index (χ2n) is 5.32. The predicted octanol–water partition coefficient (Wildman–Crippen LogP) is 3.43. The van der Waals surface area contributed by atoms with Crippen LogP contribution in [0.4, 0.5) is 0 Å². The zero-order chi connectivity index (χ0) is 12.0. The Balaban J connectivity index is 1.84. The number of methoxy groups -OCH3 is 1. The van der Waals surface area contributed by atoms with Crippen LogP contribution in [-0.4, -0.2) is 12.2 Å². The van der Waals surface area contributed by atoms with Gasteiger partial charge in [-0.15, -0.1) is 0 Å². The van der Waals surface area contributed by atoms with Gasteiger partial charge in [-0.2, -0.15) is 0 Å². The van der Waals surface area contributed by atoms with E-state index in [2.05, 4.69) is 0 Å². The van der Waals surface area contributed by atoms with E-state index in [-0.39, 0.29) is 0 Å². The summed E-state index contributed by atoms with van der Waals surface area (Å²) in [5.41, 5.74) is 0.839. The first-order valence-corrected chi connectivity index (χ1v) is 6.58. The summed E-state index contributed by atoms with van der Waals surface area (Å²) < 4.78 is 5.30. The summed E-state index contributed by atoms with van der Waals surface area (Å²) in [5, 5.41) is 11.1. The van der Waals surface area contributed by atoms with Crippen molar-refractivity contribution in [3.05, 3.63) is 28.8 Å². The second kappa shape index (κ2) is 4.18. The van der Waals surface area contributed by atoms with Gasteiger partial charge in [0.15, 0.2) is 0 Å². The molecule has 92 valence electrons. The van der Waals surface area contributed by atoms with Crippen molar-refractivity contribution in [2.75, 3.05) is 7.11 Å². The van der Waals surface area contributed by atoms with Crippen LogP contribution in [-0.2, 0) is 0 Å². The summed E-state index contributed by atoms with van der Waals surface area (Å²) in [7, 11) is 1.63. The quantitative estimate of drug-likeness (QED) is 0.893. The van der Waals surface area contributed by atoms with Crippen molar-refractivity contribution in [3.8, 4) is 5.75 Å². The molecular weight excluding hydrogens is 236 g/mol. The van der Waals surface area contributed by atoms with E-state index in [1.807, 2.05) is 12.1 Å². The number of fused-ring (bicyclic) bond motifs is 1. The number of rotatable bonds is 3. The lowest BCUT2D eigenvalue weighted by atomic mass is 9.91. The van der Waals surface area contributed by atoms with Crippen LogP contribution in [0.25, 0.3) is 0 Å². The lowest BCUT2D eigenvalue weighted by Crippen LogP contribution is -2.12. The largest absolute Gasteiger partial charge is 0.496 e. The number of halogens is 1. The van der Waals surface area contributed by atoms with Crippen LogP contribution in [0.2, 0.25) is 5.02 Å². The highest BCUT2D eigenvalue weighted by Crippen LogP contribution is 2.57. The van der Waals surface area contributed by atoms with E-state index >= 15 is 0 Å². The van der Waals surface area contributed by atoms with Gasteiger partial charge in [-0.1, -0.05) is 11.6 Å². The van der Waals surface area contributed by atoms with Gasteiger partial charge in [-0.25, -0.2) is 0 Å². The molecule has 2 aliphatic carbocycles. The normalized spacial score (nSPS) is 32.1. The molecule has 3 atom stereocenters. The minimum Gasteiger partial charge on any atom is -0.496 e. The number of ether oxygens (including phenoxy) is 1. The van der Waals surface area contributed by atoms with Gasteiger partial charge >= 0.3 is 0 Å². The van der Waals surface area contributed by atoms with Crippen molar-refractivity contribution in [3.63, 3.8) is 0 Å². The molecule has 2 saturated carbocycles. The van der Waals surface area contributed by atoms with E-state index in [1.54, 1.807) is 13.2 Å². The van der Waals surface area contributed by atoms with Gasteiger partial charge in [-0.3, -0.25) is 0 Å². The van der Waals surface area contributed by atoms with Gasteiger partial charge in [0, 0.05) is 10.6 Å². The number of benzene rings is 1. The molecule has 17 heavy (non-hydrogen) atoms. The monoisotopic (exact) mass is 252 g/mol. The van der Waals surface area contributed by atoms with Gasteiger partial charge in [-0.05, 0) is 55.2 Å². The van der Waals surface area contributed by atoms with Gasteiger partial charge in [0.1, 0.15) is 5.75 Å². The number of hydrogen-bond donors (Lipinski definition) is 1. The molecule has 3 rings (SSSR count). The maximum Gasteiger partial charge on any atom is 0.124 e. The molecule has 2 aliphatic rings. The first-order valence-electron chi connectivity index (χ1n) is 6.20. The molecule has 0 radical (unpaired) electrons. The molecule has 1 aromatic rings. The first kappa shape index (κ1) is 11.4. The summed E-state index contributed by atoms with van der Waals surface area (Å²) in [6, 6.07) is 5.45. The molecule has 0 heterocycles. The van der Waals surface area contributed by atoms with Crippen LogP contribution < -0.4 is 4.74 Å². The second-order valence-corrected chi connectivity index (χ2v) is 5.75. The molecule has 0 aliphatic heterocycles. The summed E-state index contributed by atoms with van der Waals surface area (Å²) in [5.74, 6) is 2.87. The van der Waals surface area contributed by atoms with Crippen molar-refractivity contribution in [1.29, 1.82) is 0 Å². The molecule has 0 amide bonds. The van der Waals surface area contributed by atoms with Crippen LogP contribution in [0.15, 0.2) is 18.2 Å². The minimum absolute atomic E-state index is 0.381. The summed E-state index contributed by atoms with van der Waals surface area (Å²) in [6.45, 7) is 0. The third-order valence-corrected chi connectivity index (χ3v) is 4.47. The molecule has 0 aromatic heterocycles. The molecule has 0 spiro atoms. The van der Waals surface area contributed by atoms with E-state index < -0.39 is 6.10 Å². The first-order chi connectivity index (χ1) is 8.19. The molecule has 0 bridgehead atoms. The Labute approximate surface area is 107 Å². The van der Waals surface area contributed by atoms with Gasteiger partial charge < -0.3 is 9.84 Å². The van der Waals surface area contributed by atoms with Crippen LogP contribution in [0.5, 0.6) is 5.75 Å². The highest BCUT2D eigenvalue weighted by Gasteiger charge is 2.48. The van der Waals surface area contributed by atoms with Crippen molar-refractivity contribution in [2.24, 2.45) is 17.8 Å². The van der Waals surface area contributed by atoms with Crippen molar-refractivity contribution >= 4 is 11.6 Å². The SMILES string of the molecule is COc1ccc(Cl)cc1C(O)C1CC2CC2C1. The molecule has 0 saturated heterocycles. The van der Waals surface area contributed by atoms with Crippen molar-refractivity contribution in [2.45, 2.75) is 25.4 Å². The lowest BCUT2D eigenvalue weighted by Gasteiger charge is -2.22. The number of aliphatic hydroxyl groups excluding tert-OH is 1. The molecule has 1 N–H and O–H groups in total. The van der Waals surface area contributed by atoms with Gasteiger partial charge in [0.05, 0.1) is 13.2 Å². The van der Waals surface area contributed by atoms with E-state index in [9.17, 15) is 5.11 Å². The Hall–Kier alpha value is -0.730. The summed E-state index contributed by atoms with van der Waals surface area (Å²) >= 11 is 6.00. The third-order valence-electron chi connectivity index (χ3n) is 4.24. The third kappa shape index (κ3) is 2.04. The molecule has 1 aromatic carbocycles. The Kier molecular flexibility index (Phi) is 2.80. The zero-order valence-electron chi connectivity index (χ0n) is 9.90. The molecule has 3 heteroatoms. The standard InChI is InChI=1S/C14H17ClO2/c1-17-13-3-2-11(15)7-12(13)14(16)10-5-8-4-9(8)6-10/h2-3,7-10,14,16H,4-6H2,1H3. The molecular formula is C14H17ClO2. The average Bonchev–Trinajstić information content (AvgIpc) is 2.95. The van der Waals surface area contributed by atoms with Crippen LogP contribution in [0.1, 0.15) is 30.9 Å². The van der Waals surface area contributed by atoms with E-state index in [1.165, 1.54) is 6.42 Å². The Morgan fingerprint density at radius 2 is 2.00 bits per heavy atom. The Morgan fingerprint density at radius 3 is 2.65 bits per heavy atom. The fourth-order valence-corrected chi connectivity index (χ4v) is 3.39. The number of aliphatic hydroxyl groups is 1. The average molecular weight is 253 g/mol. The minimum atomic E-state index is -0.434. The van der Waals surface area contributed by atoms with Crippen LogP contribution in [0, 0.1) is 17.8 Å². The maximum absolute atomic E-state index is 10.5. The van der Waals surface area contributed by atoms with E-state index in [0.29, 0.717) is 10.9 Å². The Bertz CT molecular complexity index is 422. The van der Waals surface area contributed by atoms with Crippen LogP contribution in [0.3, 0.4) is 0 Å². The van der Waals surface area contributed by atoms with Gasteiger partial charge in [0.2, 0.25) is 0 Å². The lowest BCUT2D eigenvalue weighted by molar-refractivity contribution is 0.102. The summed E-state index contributed by atoms with van der Waals surface area (Å²) in [6.07, 6.45) is 3.25. The fraction of sp³-hybridized carbons (Fsp3) is 0.571. The van der Waals surface area contributed by atoms with E-state index in [0.717, 1.165) is 36.0 Å². The van der Waals surface area contributed by atoms with Crippen LogP contribution >= 0.6 is 11.6 Å². The highest BCUT2D eigenvalue weighted by atomic mass is 35.5. The maximum atomic E-state index is 10.5. The van der Waals surface area contributed by atoms with Crippen molar-refractivity contribution < 1.29 is 9.84 Å². The fourth-order valence-electron chi connectivity index (χ4n) is 3.21. The predicted molar refractivity (Wildman–Crippen MR) is 67.3 cm³/mol. The molecule has 3 unspecified atom stereocenters. The zero-order valence-corrected chi connectivity index (χ0v) is 10.7. The van der Waals surface area contributed by atoms with Gasteiger partial charge in [0.25, 0.3) is 0 Å².